The van der Waals surface area contributed by atoms with Gasteiger partial charge in [-0.05, 0) is 73.2 Å². The third-order valence-electron chi connectivity index (χ3n) is 5.60. The smallest absolute Gasteiger partial charge is 0.269 e. The molecule has 0 saturated heterocycles. The number of nitrogens with zero attached hydrogens (tertiary/aromatic N) is 1. The highest BCUT2D eigenvalue weighted by atomic mass is 79.9. The lowest BCUT2D eigenvalue weighted by Crippen LogP contribution is -2.38. The third-order valence-corrected chi connectivity index (χ3v) is 6.46. The zero-order chi connectivity index (χ0) is 22.7. The second-order valence-corrected chi connectivity index (χ2v) is 8.72. The van der Waals surface area contributed by atoms with E-state index in [1.165, 1.54) is 5.56 Å². The molecule has 2 amide bonds. The Kier molecular flexibility index (Phi) is 6.55. The lowest BCUT2D eigenvalue weighted by atomic mass is 9.88. The standard InChI is InChI=1S/C25H24BrN3O3/c1-15-3-4-17(13-22(15)26)24(30)29-19-7-5-16-6-8-20(12-18(16)11-19)32-21-9-10-28-23(14-21)25(31)27-2/h3-4,6,8-10,12-14,19H,5,7,11H2,1-2H3,(H,27,31)(H,29,30). The molecule has 6 nitrogen and oxygen atoms in total. The van der Waals surface area contributed by atoms with Crippen LogP contribution in [-0.2, 0) is 12.8 Å². The fourth-order valence-electron chi connectivity index (χ4n) is 3.79. The Bertz CT molecular complexity index is 1180. The van der Waals surface area contributed by atoms with E-state index in [0.29, 0.717) is 22.8 Å². The van der Waals surface area contributed by atoms with Crippen LogP contribution in [0.25, 0.3) is 0 Å². The van der Waals surface area contributed by atoms with Crippen LogP contribution >= 0.6 is 15.9 Å². The van der Waals surface area contributed by atoms with Gasteiger partial charge in [-0.1, -0.05) is 28.1 Å². The van der Waals surface area contributed by atoms with Crippen LogP contribution in [0.1, 0.15) is 44.0 Å². The normalized spacial score (nSPS) is 14.9. The van der Waals surface area contributed by atoms with E-state index < -0.39 is 0 Å². The highest BCUT2D eigenvalue weighted by Gasteiger charge is 2.21. The Morgan fingerprint density at radius 3 is 2.62 bits per heavy atom. The van der Waals surface area contributed by atoms with Crippen molar-refractivity contribution < 1.29 is 14.3 Å². The van der Waals surface area contributed by atoms with E-state index in [1.54, 1.807) is 25.4 Å². The molecule has 0 aliphatic heterocycles. The van der Waals surface area contributed by atoms with Crippen molar-refractivity contribution in [2.24, 2.45) is 0 Å². The fourth-order valence-corrected chi connectivity index (χ4v) is 4.16. The lowest BCUT2D eigenvalue weighted by Gasteiger charge is -2.26. The maximum Gasteiger partial charge on any atom is 0.269 e. The molecule has 32 heavy (non-hydrogen) atoms. The van der Waals surface area contributed by atoms with Gasteiger partial charge in [0.1, 0.15) is 17.2 Å². The van der Waals surface area contributed by atoms with Crippen molar-refractivity contribution in [1.29, 1.82) is 0 Å². The summed E-state index contributed by atoms with van der Waals surface area (Å²) in [5, 5.41) is 5.72. The molecule has 0 fully saturated rings. The molecular formula is C25H24BrN3O3. The van der Waals surface area contributed by atoms with Crippen molar-refractivity contribution in [3.8, 4) is 11.5 Å². The average molecular weight is 494 g/mol. The first-order chi connectivity index (χ1) is 15.4. The number of ether oxygens (including phenoxy) is 1. The van der Waals surface area contributed by atoms with E-state index in [9.17, 15) is 9.59 Å². The number of fused-ring (bicyclic) bond motifs is 1. The maximum atomic E-state index is 12.7. The summed E-state index contributed by atoms with van der Waals surface area (Å²) in [7, 11) is 1.56. The largest absolute Gasteiger partial charge is 0.457 e. The fraction of sp³-hybridized carbons (Fsp3) is 0.240. The van der Waals surface area contributed by atoms with Crippen LogP contribution in [0.2, 0.25) is 0 Å². The molecule has 1 aliphatic carbocycles. The van der Waals surface area contributed by atoms with E-state index in [2.05, 4.69) is 37.6 Å². The van der Waals surface area contributed by atoms with Crippen LogP contribution in [-0.4, -0.2) is 29.9 Å². The molecule has 3 aromatic rings. The minimum Gasteiger partial charge on any atom is -0.457 e. The van der Waals surface area contributed by atoms with Crippen molar-refractivity contribution in [1.82, 2.24) is 15.6 Å². The van der Waals surface area contributed by atoms with E-state index in [4.69, 9.17) is 4.74 Å². The number of amides is 2. The number of aryl methyl sites for hydroxylation is 2. The quantitative estimate of drug-likeness (QED) is 0.544. The summed E-state index contributed by atoms with van der Waals surface area (Å²) in [5.74, 6) is 0.904. The second kappa shape index (κ2) is 9.53. The number of halogens is 1. The molecule has 1 aromatic heterocycles. The molecule has 164 valence electrons. The Hall–Kier alpha value is -3.19. The van der Waals surface area contributed by atoms with E-state index in [1.807, 2.05) is 37.3 Å². The molecule has 0 spiro atoms. The second-order valence-electron chi connectivity index (χ2n) is 7.87. The van der Waals surface area contributed by atoms with Gasteiger partial charge >= 0.3 is 0 Å². The minimum absolute atomic E-state index is 0.0612. The molecule has 2 aromatic carbocycles. The van der Waals surface area contributed by atoms with E-state index in [-0.39, 0.29) is 17.9 Å². The molecule has 2 N–H and O–H groups in total. The van der Waals surface area contributed by atoms with Gasteiger partial charge in [0.2, 0.25) is 0 Å². The zero-order valence-corrected chi connectivity index (χ0v) is 19.5. The van der Waals surface area contributed by atoms with Crippen LogP contribution in [0.4, 0.5) is 0 Å². The first-order valence-electron chi connectivity index (χ1n) is 10.5. The van der Waals surface area contributed by atoms with Crippen molar-refractivity contribution in [3.05, 3.63) is 87.1 Å². The molecule has 0 bridgehead atoms. The average Bonchev–Trinajstić information content (AvgIpc) is 2.80. The highest BCUT2D eigenvalue weighted by molar-refractivity contribution is 9.10. The number of nitrogens with one attached hydrogen (secondary N) is 2. The monoisotopic (exact) mass is 493 g/mol. The number of rotatable bonds is 5. The number of benzene rings is 2. The number of pyridine rings is 1. The molecule has 4 rings (SSSR count). The Balaban J connectivity index is 1.45. The molecule has 1 aliphatic rings. The molecule has 1 heterocycles. The third kappa shape index (κ3) is 4.99. The minimum atomic E-state index is -0.264. The summed E-state index contributed by atoms with van der Waals surface area (Å²) in [6.07, 6.45) is 4.08. The van der Waals surface area contributed by atoms with Crippen molar-refractivity contribution >= 4 is 27.7 Å². The van der Waals surface area contributed by atoms with E-state index >= 15 is 0 Å². The Morgan fingerprint density at radius 1 is 1.03 bits per heavy atom. The van der Waals surface area contributed by atoms with E-state index in [0.717, 1.165) is 34.9 Å². The number of hydrogen-bond donors (Lipinski definition) is 2. The summed E-state index contributed by atoms with van der Waals surface area (Å²) in [4.78, 5) is 28.6. The maximum absolute atomic E-state index is 12.7. The van der Waals surface area contributed by atoms with Crippen molar-refractivity contribution in [3.63, 3.8) is 0 Å². The van der Waals surface area contributed by atoms with Gasteiger partial charge in [0.15, 0.2) is 0 Å². The summed E-state index contributed by atoms with van der Waals surface area (Å²) in [6, 6.07) is 15.0. The summed E-state index contributed by atoms with van der Waals surface area (Å²) >= 11 is 3.49. The van der Waals surface area contributed by atoms with Gasteiger partial charge in [-0.3, -0.25) is 14.6 Å². The van der Waals surface area contributed by atoms with Crippen molar-refractivity contribution in [2.45, 2.75) is 32.2 Å². The molecule has 7 heteroatoms. The molecule has 1 unspecified atom stereocenters. The number of carbonyl (C=O) groups excluding carboxylic acids is 2. The number of carbonyl (C=O) groups is 2. The summed E-state index contributed by atoms with van der Waals surface area (Å²) < 4.78 is 6.90. The highest BCUT2D eigenvalue weighted by Crippen LogP contribution is 2.29. The SMILES string of the molecule is CNC(=O)c1cc(Oc2ccc3c(c2)CC(NC(=O)c2ccc(C)c(Br)c2)CC3)ccn1. The molecule has 0 radical (unpaired) electrons. The zero-order valence-electron chi connectivity index (χ0n) is 17.9. The number of aromatic nitrogens is 1. The topological polar surface area (TPSA) is 80.3 Å². The van der Waals surface area contributed by atoms with Crippen LogP contribution in [0, 0.1) is 6.92 Å². The Labute approximate surface area is 195 Å². The van der Waals surface area contributed by atoms with Crippen LogP contribution in [0.15, 0.2) is 59.2 Å². The first-order valence-corrected chi connectivity index (χ1v) is 11.3. The van der Waals surface area contributed by atoms with Crippen LogP contribution in [0.5, 0.6) is 11.5 Å². The van der Waals surface area contributed by atoms with Crippen molar-refractivity contribution in [2.75, 3.05) is 7.05 Å². The summed E-state index contributed by atoms with van der Waals surface area (Å²) in [6.45, 7) is 1.99. The lowest BCUT2D eigenvalue weighted by molar-refractivity contribution is 0.0931. The summed E-state index contributed by atoms with van der Waals surface area (Å²) in [5.41, 5.74) is 4.46. The van der Waals surface area contributed by atoms with Gasteiger partial charge in [-0.2, -0.15) is 0 Å². The van der Waals surface area contributed by atoms with Gasteiger partial charge in [0, 0.05) is 35.4 Å². The van der Waals surface area contributed by atoms with Gasteiger partial charge in [-0.25, -0.2) is 0 Å². The van der Waals surface area contributed by atoms with Gasteiger partial charge in [0.05, 0.1) is 0 Å². The van der Waals surface area contributed by atoms with Crippen LogP contribution < -0.4 is 15.4 Å². The van der Waals surface area contributed by atoms with Crippen LogP contribution in [0.3, 0.4) is 0 Å². The van der Waals surface area contributed by atoms with Gasteiger partial charge < -0.3 is 15.4 Å². The predicted molar refractivity (Wildman–Crippen MR) is 126 cm³/mol. The molecule has 1 atom stereocenters. The first kappa shape index (κ1) is 22.0. The molecular weight excluding hydrogens is 470 g/mol. The number of hydrogen-bond acceptors (Lipinski definition) is 4. The predicted octanol–water partition coefficient (Wildman–Crippen LogP) is 4.59. The molecule has 0 saturated carbocycles. The van der Waals surface area contributed by atoms with Gasteiger partial charge in [-0.15, -0.1) is 0 Å². The Morgan fingerprint density at radius 2 is 1.84 bits per heavy atom. The van der Waals surface area contributed by atoms with Gasteiger partial charge in [0.25, 0.3) is 11.8 Å².